The van der Waals surface area contributed by atoms with Gasteiger partial charge in [0.1, 0.15) is 0 Å². The summed E-state index contributed by atoms with van der Waals surface area (Å²) in [5.41, 5.74) is 32.2. The van der Waals surface area contributed by atoms with Crippen molar-refractivity contribution in [2.45, 2.75) is 232 Å². The monoisotopic (exact) mass is 991 g/mol. The van der Waals surface area contributed by atoms with Crippen LogP contribution in [0, 0.1) is 6.92 Å². The maximum atomic E-state index is 2.87. The number of hydrogen-bond acceptors (Lipinski definition) is 2. The molecule has 3 heteroatoms. The van der Waals surface area contributed by atoms with Gasteiger partial charge >= 0.3 is 6.85 Å². The molecule has 13 rings (SSSR count). The maximum absolute atomic E-state index is 2.87. The molecule has 0 saturated heterocycles. The van der Waals surface area contributed by atoms with Crippen molar-refractivity contribution in [1.82, 2.24) is 0 Å². The van der Waals surface area contributed by atoms with E-state index in [1.165, 1.54) is 163 Å². The molecule has 0 bridgehead atoms. The van der Waals surface area contributed by atoms with Crippen LogP contribution in [0.2, 0.25) is 0 Å². The molecule has 388 valence electrons. The van der Waals surface area contributed by atoms with Crippen LogP contribution >= 0.6 is 0 Å². The number of rotatable bonds is 2. The van der Waals surface area contributed by atoms with Gasteiger partial charge in [-0.3, -0.25) is 0 Å². The van der Waals surface area contributed by atoms with E-state index in [9.17, 15) is 0 Å². The fourth-order valence-corrected chi connectivity index (χ4v) is 16.6. The number of benzene rings is 6. The highest BCUT2D eigenvalue weighted by molar-refractivity contribution is 6.93. The van der Waals surface area contributed by atoms with Crippen molar-refractivity contribution in [2.75, 3.05) is 9.71 Å². The molecule has 0 saturated carbocycles. The van der Waals surface area contributed by atoms with E-state index in [1.54, 1.807) is 11.1 Å². The smallest absolute Gasteiger partial charge is 0.333 e. The van der Waals surface area contributed by atoms with Gasteiger partial charge in [-0.15, -0.1) is 0 Å². The van der Waals surface area contributed by atoms with E-state index in [1.807, 2.05) is 0 Å². The van der Waals surface area contributed by atoms with Gasteiger partial charge in [0.15, 0.2) is 0 Å². The summed E-state index contributed by atoms with van der Waals surface area (Å²) in [4.78, 5) is 5.63. The van der Waals surface area contributed by atoms with Crippen LogP contribution in [0.25, 0.3) is 22.3 Å². The van der Waals surface area contributed by atoms with Gasteiger partial charge in [0.05, 0.1) is 0 Å². The third kappa shape index (κ3) is 6.76. The van der Waals surface area contributed by atoms with Crippen molar-refractivity contribution < 1.29 is 0 Å². The Kier molecular flexibility index (Phi) is 9.88. The lowest BCUT2D eigenvalue weighted by atomic mass is 9.42. The predicted molar refractivity (Wildman–Crippen MR) is 324 cm³/mol. The molecule has 75 heavy (non-hydrogen) atoms. The van der Waals surface area contributed by atoms with Crippen LogP contribution in [0.5, 0.6) is 0 Å². The van der Waals surface area contributed by atoms with Crippen molar-refractivity contribution >= 4 is 46.2 Å². The molecular formula is C72H87BN2. The van der Waals surface area contributed by atoms with Gasteiger partial charge in [-0.05, 0) is 239 Å². The summed E-state index contributed by atoms with van der Waals surface area (Å²) in [6.45, 7) is 47.4. The van der Waals surface area contributed by atoms with Gasteiger partial charge in [-0.25, -0.2) is 0 Å². The van der Waals surface area contributed by atoms with E-state index in [-0.39, 0.29) is 55.6 Å². The van der Waals surface area contributed by atoms with E-state index >= 15 is 0 Å². The molecule has 0 amide bonds. The first-order valence-corrected chi connectivity index (χ1v) is 29.4. The molecule has 0 spiro atoms. The zero-order chi connectivity index (χ0) is 53.5. The Bertz CT molecular complexity index is 3510. The minimum atomic E-state index is -0.239. The first kappa shape index (κ1) is 49.6. The van der Waals surface area contributed by atoms with Crippen molar-refractivity contribution in [3.05, 3.63) is 146 Å². The zero-order valence-corrected chi connectivity index (χ0v) is 49.7. The van der Waals surface area contributed by atoms with Crippen molar-refractivity contribution in [3.63, 3.8) is 0 Å². The Morgan fingerprint density at radius 2 is 0.787 bits per heavy atom. The fraction of sp³-hybridized carbons (Fsp3) is 0.500. The number of anilines is 5. The second kappa shape index (κ2) is 15.0. The summed E-state index contributed by atoms with van der Waals surface area (Å²) in [6, 6.07) is 36.5. The number of hydrogen-bond donors (Lipinski definition) is 0. The molecular weight excluding hydrogens is 904 g/mol. The second-order valence-corrected chi connectivity index (χ2v) is 31.3. The zero-order valence-electron chi connectivity index (χ0n) is 49.7. The van der Waals surface area contributed by atoms with Gasteiger partial charge in [0.2, 0.25) is 0 Å². The summed E-state index contributed by atoms with van der Waals surface area (Å²) < 4.78 is 0. The van der Waals surface area contributed by atoms with Gasteiger partial charge in [0.25, 0.3) is 0 Å². The molecule has 5 aliphatic carbocycles. The summed E-state index contributed by atoms with van der Waals surface area (Å²) >= 11 is 0. The third-order valence-corrected chi connectivity index (χ3v) is 22.1. The molecule has 2 heterocycles. The predicted octanol–water partition coefficient (Wildman–Crippen LogP) is 18.4. The highest BCUT2D eigenvalue weighted by atomic mass is 15.2. The topological polar surface area (TPSA) is 6.48 Å². The van der Waals surface area contributed by atoms with Crippen LogP contribution in [0.15, 0.2) is 84.9 Å². The first-order valence-electron chi connectivity index (χ1n) is 29.4. The molecule has 0 radical (unpaired) electrons. The minimum absolute atomic E-state index is 0.0419. The van der Waals surface area contributed by atoms with E-state index in [4.69, 9.17) is 0 Å². The number of aryl methyl sites for hydroxylation is 1. The average Bonchev–Trinajstić information content (AvgIpc) is 3.56. The maximum Gasteiger partial charge on any atom is 0.333 e. The summed E-state index contributed by atoms with van der Waals surface area (Å²) in [5.74, 6) is 0. The van der Waals surface area contributed by atoms with Crippen LogP contribution in [0.1, 0.15) is 237 Å². The summed E-state index contributed by atoms with van der Waals surface area (Å²) in [5, 5.41) is 0. The van der Waals surface area contributed by atoms with Gasteiger partial charge < -0.3 is 9.71 Å². The largest absolute Gasteiger partial charge is 0.376 e. The van der Waals surface area contributed by atoms with Crippen LogP contribution in [-0.4, -0.2) is 6.85 Å². The average molecular weight is 991 g/mol. The third-order valence-electron chi connectivity index (χ3n) is 22.1. The molecule has 0 unspecified atom stereocenters. The lowest BCUT2D eigenvalue weighted by Gasteiger charge is -2.50. The molecule has 2 aliphatic heterocycles. The molecule has 6 aromatic rings. The number of nitrogens with zero attached hydrogens (tertiary/aromatic N) is 2. The molecule has 6 aromatic carbocycles. The molecule has 0 N–H and O–H groups in total. The van der Waals surface area contributed by atoms with E-state index in [2.05, 4.69) is 226 Å². The normalized spacial score (nSPS) is 23.1. The molecule has 2 nitrogen and oxygen atoms in total. The van der Waals surface area contributed by atoms with Crippen molar-refractivity contribution in [3.8, 4) is 22.3 Å². The molecule has 7 aliphatic rings. The van der Waals surface area contributed by atoms with Crippen LogP contribution in [0.4, 0.5) is 28.4 Å². The highest BCUT2D eigenvalue weighted by Crippen LogP contribution is 2.61. The van der Waals surface area contributed by atoms with Crippen molar-refractivity contribution in [2.24, 2.45) is 0 Å². The first-order chi connectivity index (χ1) is 34.8. The minimum Gasteiger partial charge on any atom is -0.376 e. The Hall–Kier alpha value is -5.02. The Morgan fingerprint density at radius 3 is 1.32 bits per heavy atom. The van der Waals surface area contributed by atoms with Gasteiger partial charge in [-0.2, -0.15) is 0 Å². The molecule has 0 atom stereocenters. The lowest BCUT2D eigenvalue weighted by Crippen LogP contribution is -2.62. The fourth-order valence-electron chi connectivity index (χ4n) is 16.6. The highest BCUT2D eigenvalue weighted by Gasteiger charge is 2.52. The Balaban J connectivity index is 1.16. The standard InChI is InChI=1S/C72H87BN2/c1-42-34-47-61-58(25-22-45-46-38-53-54(39-50(46)72(18,19)62(45)61)69(12,13)31-30-68(53,10)11)75(44-21-24-49-52(37-44)67(8,9)29-27-65(49,4)5)73-57-40-55-56(71(16,17)33-32-70(55,14)15)41-59(57)74(60(35-42)63(47)73)43-20-23-48-51(36-43)66(6,7)28-26-64(48,2)3/h20-25,34-41H,26-33H2,1-19H3. The van der Waals surface area contributed by atoms with E-state index in [0.717, 1.165) is 0 Å². The van der Waals surface area contributed by atoms with Gasteiger partial charge in [0, 0.05) is 39.4 Å². The van der Waals surface area contributed by atoms with E-state index in [0.29, 0.717) is 0 Å². The van der Waals surface area contributed by atoms with Crippen LogP contribution in [0.3, 0.4) is 0 Å². The lowest BCUT2D eigenvalue weighted by molar-refractivity contribution is 0.331. The second-order valence-electron chi connectivity index (χ2n) is 31.3. The molecule has 0 fully saturated rings. The van der Waals surface area contributed by atoms with Crippen LogP contribution < -0.4 is 20.6 Å². The summed E-state index contributed by atoms with van der Waals surface area (Å²) in [7, 11) is 0. The molecule has 0 aromatic heterocycles. The quantitative estimate of drug-likeness (QED) is 0.160. The van der Waals surface area contributed by atoms with Gasteiger partial charge in [-0.1, -0.05) is 161 Å². The van der Waals surface area contributed by atoms with E-state index < -0.39 is 0 Å². The SMILES string of the molecule is Cc1cc2c3c(c1)N(c1ccc4c(c1)C(C)(C)CCC4(C)C)c1cc4c(cc1B3N(c1ccc3c(c1)C(C)(C)CCC3(C)C)c1ccc3c(c1-2)C(C)(C)c1cc2c(cc1-3)C(C)(C)CCC2(C)C)C(C)(C)CCC4(C)C. The number of fused-ring (bicyclic) bond motifs is 12. The Labute approximate surface area is 453 Å². The van der Waals surface area contributed by atoms with Crippen molar-refractivity contribution in [1.29, 1.82) is 0 Å². The Morgan fingerprint density at radius 1 is 0.347 bits per heavy atom. The van der Waals surface area contributed by atoms with Crippen LogP contribution in [-0.2, 0) is 48.7 Å². The summed E-state index contributed by atoms with van der Waals surface area (Å²) in [6.07, 6.45) is 9.56.